The lowest BCUT2D eigenvalue weighted by Crippen LogP contribution is -2.34. The molecule has 0 bridgehead atoms. The number of rotatable bonds is 4. The zero-order valence-electron chi connectivity index (χ0n) is 11.4. The fraction of sp³-hybridized carbons (Fsp3) is 0.467. The molecule has 0 unspecified atom stereocenters. The molecule has 1 aliphatic heterocycles. The highest BCUT2D eigenvalue weighted by molar-refractivity contribution is 9.10. The van der Waals surface area contributed by atoms with Gasteiger partial charge in [0.15, 0.2) is 0 Å². The summed E-state index contributed by atoms with van der Waals surface area (Å²) in [5.41, 5.74) is 0.309. The van der Waals surface area contributed by atoms with Crippen LogP contribution in [0.3, 0.4) is 0 Å². The van der Waals surface area contributed by atoms with Gasteiger partial charge in [0.25, 0.3) is 0 Å². The van der Waals surface area contributed by atoms with E-state index in [0.717, 1.165) is 10.0 Å². The van der Waals surface area contributed by atoms with E-state index in [1.165, 1.54) is 0 Å². The molecule has 20 heavy (non-hydrogen) atoms. The molecule has 5 heteroatoms. The Morgan fingerprint density at radius 1 is 1.40 bits per heavy atom. The summed E-state index contributed by atoms with van der Waals surface area (Å²) in [5.74, 6) is -0.788. The number of aryl methyl sites for hydroxylation is 1. The number of carbonyl (C=O) groups excluding carboxylic acids is 1. The van der Waals surface area contributed by atoms with Gasteiger partial charge in [0.1, 0.15) is 0 Å². The van der Waals surface area contributed by atoms with Crippen LogP contribution in [0.25, 0.3) is 0 Å². The van der Waals surface area contributed by atoms with Crippen molar-refractivity contribution in [2.75, 3.05) is 13.1 Å². The smallest absolute Gasteiger partial charge is 0.311 e. The summed E-state index contributed by atoms with van der Waals surface area (Å²) in [7, 11) is 0. The second-order valence-corrected chi connectivity index (χ2v) is 6.38. The third-order valence-corrected chi connectivity index (χ3v) is 4.68. The Bertz CT molecular complexity index is 532. The van der Waals surface area contributed by atoms with Crippen molar-refractivity contribution >= 4 is 27.8 Å². The number of likely N-dealkylation sites (tertiary alicyclic amines) is 1. The average Bonchev–Trinajstić information content (AvgIpc) is 2.82. The van der Waals surface area contributed by atoms with Gasteiger partial charge in [-0.05, 0) is 31.4 Å². The molecule has 2 rings (SSSR count). The third-order valence-electron chi connectivity index (χ3n) is 3.91. The van der Waals surface area contributed by atoms with Crippen molar-refractivity contribution in [3.63, 3.8) is 0 Å². The second kappa shape index (κ2) is 5.95. The topological polar surface area (TPSA) is 57.6 Å². The molecular formula is C15H18BrNO3. The van der Waals surface area contributed by atoms with Crippen LogP contribution in [0, 0.1) is 5.41 Å². The molecular weight excluding hydrogens is 322 g/mol. The Kier molecular flexibility index (Phi) is 4.48. The van der Waals surface area contributed by atoms with Gasteiger partial charge < -0.3 is 10.0 Å². The van der Waals surface area contributed by atoms with Gasteiger partial charge in [-0.2, -0.15) is 0 Å². The molecule has 1 heterocycles. The SMILES string of the molecule is C[C@@]1(C(=O)O)CCN(C(=O)CCc2ccccc2Br)C1. The number of halogens is 1. The van der Waals surface area contributed by atoms with Crippen LogP contribution >= 0.6 is 15.9 Å². The largest absolute Gasteiger partial charge is 0.481 e. The highest BCUT2D eigenvalue weighted by Crippen LogP contribution is 2.30. The van der Waals surface area contributed by atoms with Crippen molar-refractivity contribution in [2.24, 2.45) is 5.41 Å². The monoisotopic (exact) mass is 339 g/mol. The minimum absolute atomic E-state index is 0.0331. The summed E-state index contributed by atoms with van der Waals surface area (Å²) in [5, 5.41) is 9.17. The standard InChI is InChI=1S/C15H18BrNO3/c1-15(14(19)20)8-9-17(10-15)13(18)7-6-11-4-2-3-5-12(11)16/h2-5H,6-10H2,1H3,(H,19,20)/t15-/m1/s1. The van der Waals surface area contributed by atoms with Crippen molar-refractivity contribution in [3.05, 3.63) is 34.3 Å². The van der Waals surface area contributed by atoms with Crippen LogP contribution < -0.4 is 0 Å². The first-order valence-electron chi connectivity index (χ1n) is 6.67. The van der Waals surface area contributed by atoms with Crippen molar-refractivity contribution in [2.45, 2.75) is 26.2 Å². The first-order valence-corrected chi connectivity index (χ1v) is 7.46. The highest BCUT2D eigenvalue weighted by atomic mass is 79.9. The van der Waals surface area contributed by atoms with E-state index in [4.69, 9.17) is 0 Å². The predicted octanol–water partition coefficient (Wildman–Crippen LogP) is 2.70. The van der Waals surface area contributed by atoms with Crippen LogP contribution in [-0.2, 0) is 16.0 Å². The van der Waals surface area contributed by atoms with E-state index in [1.807, 2.05) is 24.3 Å². The number of aliphatic carboxylic acids is 1. The Labute approximate surface area is 126 Å². The molecule has 1 amide bonds. The minimum atomic E-state index is -0.821. The number of hydrogen-bond donors (Lipinski definition) is 1. The molecule has 1 aromatic rings. The maximum absolute atomic E-state index is 12.2. The van der Waals surface area contributed by atoms with E-state index in [1.54, 1.807) is 11.8 Å². The molecule has 1 N–H and O–H groups in total. The maximum atomic E-state index is 12.2. The van der Waals surface area contributed by atoms with Gasteiger partial charge in [0.2, 0.25) is 5.91 Å². The van der Waals surface area contributed by atoms with Crippen LogP contribution in [0.5, 0.6) is 0 Å². The van der Waals surface area contributed by atoms with Gasteiger partial charge in [-0.3, -0.25) is 9.59 Å². The Balaban J connectivity index is 1.91. The Morgan fingerprint density at radius 2 is 2.10 bits per heavy atom. The first-order chi connectivity index (χ1) is 9.42. The highest BCUT2D eigenvalue weighted by Gasteiger charge is 2.41. The van der Waals surface area contributed by atoms with Crippen LogP contribution in [0.2, 0.25) is 0 Å². The van der Waals surface area contributed by atoms with Crippen LogP contribution in [-0.4, -0.2) is 35.0 Å². The average molecular weight is 340 g/mol. The molecule has 1 atom stereocenters. The predicted molar refractivity (Wildman–Crippen MR) is 79.4 cm³/mol. The molecule has 0 aliphatic carbocycles. The fourth-order valence-corrected chi connectivity index (χ4v) is 2.93. The molecule has 0 radical (unpaired) electrons. The first kappa shape index (κ1) is 15.0. The molecule has 0 saturated carbocycles. The van der Waals surface area contributed by atoms with Crippen LogP contribution in [0.15, 0.2) is 28.7 Å². The lowest BCUT2D eigenvalue weighted by atomic mass is 9.90. The number of benzene rings is 1. The number of amides is 1. The van der Waals surface area contributed by atoms with Gasteiger partial charge >= 0.3 is 5.97 Å². The summed E-state index contributed by atoms with van der Waals surface area (Å²) in [6, 6.07) is 7.83. The van der Waals surface area contributed by atoms with E-state index < -0.39 is 11.4 Å². The van der Waals surface area contributed by atoms with E-state index in [9.17, 15) is 14.7 Å². The van der Waals surface area contributed by atoms with Crippen molar-refractivity contribution < 1.29 is 14.7 Å². The van der Waals surface area contributed by atoms with E-state index in [0.29, 0.717) is 32.4 Å². The summed E-state index contributed by atoms with van der Waals surface area (Å²) in [6.07, 6.45) is 1.61. The summed E-state index contributed by atoms with van der Waals surface area (Å²) in [4.78, 5) is 25.0. The maximum Gasteiger partial charge on any atom is 0.311 e. The number of hydrogen-bond acceptors (Lipinski definition) is 2. The van der Waals surface area contributed by atoms with Gasteiger partial charge in [-0.15, -0.1) is 0 Å². The Morgan fingerprint density at radius 3 is 2.70 bits per heavy atom. The molecule has 1 saturated heterocycles. The molecule has 0 aromatic heterocycles. The van der Waals surface area contributed by atoms with E-state index in [2.05, 4.69) is 15.9 Å². The summed E-state index contributed by atoms with van der Waals surface area (Å²) >= 11 is 3.46. The molecule has 0 spiro atoms. The van der Waals surface area contributed by atoms with Crippen molar-refractivity contribution in [3.8, 4) is 0 Å². The van der Waals surface area contributed by atoms with Gasteiger partial charge in [-0.25, -0.2) is 0 Å². The third kappa shape index (κ3) is 3.20. The van der Waals surface area contributed by atoms with Crippen molar-refractivity contribution in [1.29, 1.82) is 0 Å². The fourth-order valence-electron chi connectivity index (χ4n) is 2.45. The van der Waals surface area contributed by atoms with Gasteiger partial charge in [-0.1, -0.05) is 34.1 Å². The second-order valence-electron chi connectivity index (χ2n) is 5.52. The minimum Gasteiger partial charge on any atom is -0.481 e. The number of nitrogens with zero attached hydrogens (tertiary/aromatic N) is 1. The molecule has 4 nitrogen and oxygen atoms in total. The van der Waals surface area contributed by atoms with Crippen LogP contribution in [0.4, 0.5) is 0 Å². The van der Waals surface area contributed by atoms with E-state index in [-0.39, 0.29) is 5.91 Å². The summed E-state index contributed by atoms with van der Waals surface area (Å²) in [6.45, 7) is 2.56. The zero-order valence-corrected chi connectivity index (χ0v) is 13.0. The van der Waals surface area contributed by atoms with Gasteiger partial charge in [0.05, 0.1) is 5.41 Å². The van der Waals surface area contributed by atoms with E-state index >= 15 is 0 Å². The zero-order chi connectivity index (χ0) is 14.8. The number of carbonyl (C=O) groups is 2. The summed E-state index contributed by atoms with van der Waals surface area (Å²) < 4.78 is 1.00. The van der Waals surface area contributed by atoms with Crippen LogP contribution in [0.1, 0.15) is 25.3 Å². The van der Waals surface area contributed by atoms with Crippen molar-refractivity contribution in [1.82, 2.24) is 4.90 Å². The molecule has 1 fully saturated rings. The molecule has 108 valence electrons. The quantitative estimate of drug-likeness (QED) is 0.917. The Hall–Kier alpha value is -1.36. The lowest BCUT2D eigenvalue weighted by Gasteiger charge is -2.20. The molecule has 1 aromatic carbocycles. The normalized spacial score (nSPS) is 22.0. The lowest BCUT2D eigenvalue weighted by molar-refractivity contribution is -0.147. The number of carboxylic acids is 1. The number of carboxylic acid groups (broad SMARTS) is 1. The van der Waals surface area contributed by atoms with Gasteiger partial charge in [0, 0.05) is 24.0 Å². The molecule has 1 aliphatic rings.